The van der Waals surface area contributed by atoms with Crippen LogP contribution in [0.1, 0.15) is 24.6 Å². The Balaban J connectivity index is 2.08. The third kappa shape index (κ3) is 1.58. The first kappa shape index (κ1) is 7.61. The first-order chi connectivity index (χ1) is 5.97. The molecule has 0 saturated carbocycles. The molecule has 1 aromatic heterocycles. The van der Waals surface area contributed by atoms with Crippen LogP contribution in [0.4, 0.5) is 0 Å². The van der Waals surface area contributed by atoms with Gasteiger partial charge < -0.3 is 5.32 Å². The second-order valence-electron chi connectivity index (χ2n) is 3.03. The monoisotopic (exact) mass is 164 g/mol. The first-order valence-electron chi connectivity index (χ1n) is 4.31. The molecule has 1 fully saturated rings. The lowest BCUT2D eigenvalue weighted by molar-refractivity contribution is 0.441. The van der Waals surface area contributed by atoms with E-state index in [9.17, 15) is 0 Å². The van der Waals surface area contributed by atoms with Crippen molar-refractivity contribution in [2.75, 3.05) is 13.1 Å². The van der Waals surface area contributed by atoms with Crippen LogP contribution in [0, 0.1) is 0 Å². The molecule has 0 unspecified atom stereocenters. The van der Waals surface area contributed by atoms with Gasteiger partial charge in [0.2, 0.25) is 0 Å². The zero-order valence-electron chi connectivity index (χ0n) is 6.90. The van der Waals surface area contributed by atoms with E-state index in [0.29, 0.717) is 5.92 Å². The molecule has 1 aliphatic heterocycles. The molecule has 0 spiro atoms. The lowest BCUT2D eigenvalue weighted by Crippen LogP contribution is -2.27. The van der Waals surface area contributed by atoms with Gasteiger partial charge in [-0.05, 0) is 25.9 Å². The fraction of sp³-hybridized carbons (Fsp3) is 0.625. The van der Waals surface area contributed by atoms with Gasteiger partial charge >= 0.3 is 0 Å². The van der Waals surface area contributed by atoms with E-state index in [4.69, 9.17) is 0 Å². The number of nitrogens with one attached hydrogen (secondary N) is 1. The summed E-state index contributed by atoms with van der Waals surface area (Å²) < 4.78 is 0. The van der Waals surface area contributed by atoms with Crippen molar-refractivity contribution >= 4 is 0 Å². The quantitative estimate of drug-likeness (QED) is 0.650. The minimum Gasteiger partial charge on any atom is -0.317 e. The molecule has 1 aliphatic rings. The molecule has 1 saturated heterocycles. The average Bonchev–Trinajstić information content (AvgIpc) is 2.21. The summed E-state index contributed by atoms with van der Waals surface area (Å²) in [6.07, 6.45) is 5.59. The predicted molar refractivity (Wildman–Crippen MR) is 44.7 cm³/mol. The highest BCUT2D eigenvalue weighted by molar-refractivity contribution is 4.95. The van der Waals surface area contributed by atoms with Crippen molar-refractivity contribution in [3.63, 3.8) is 0 Å². The molecule has 1 N–H and O–H groups in total. The summed E-state index contributed by atoms with van der Waals surface area (Å²) in [6.45, 7) is 2.14. The molecular formula is C8H12N4. The smallest absolute Gasteiger partial charge is 0.154 e. The van der Waals surface area contributed by atoms with E-state index in [2.05, 4.69) is 20.5 Å². The van der Waals surface area contributed by atoms with E-state index in [0.717, 1.165) is 31.8 Å². The van der Waals surface area contributed by atoms with Gasteiger partial charge in [-0.2, -0.15) is 5.10 Å². The second kappa shape index (κ2) is 3.58. The lowest BCUT2D eigenvalue weighted by Gasteiger charge is -2.20. The van der Waals surface area contributed by atoms with Gasteiger partial charge in [0.15, 0.2) is 5.82 Å². The summed E-state index contributed by atoms with van der Waals surface area (Å²) in [5.74, 6) is 1.42. The zero-order valence-corrected chi connectivity index (χ0v) is 6.90. The minimum absolute atomic E-state index is 0.514. The van der Waals surface area contributed by atoms with E-state index in [-0.39, 0.29) is 0 Å². The van der Waals surface area contributed by atoms with Crippen molar-refractivity contribution in [1.82, 2.24) is 20.5 Å². The summed E-state index contributed by atoms with van der Waals surface area (Å²) in [6, 6.07) is 0. The Morgan fingerprint density at radius 1 is 1.25 bits per heavy atom. The maximum absolute atomic E-state index is 4.20. The van der Waals surface area contributed by atoms with Gasteiger partial charge in [-0.1, -0.05) is 0 Å². The zero-order chi connectivity index (χ0) is 8.23. The van der Waals surface area contributed by atoms with Crippen LogP contribution in [-0.2, 0) is 0 Å². The maximum atomic E-state index is 4.20. The minimum atomic E-state index is 0.514. The third-order valence-corrected chi connectivity index (χ3v) is 2.20. The number of hydrogen-bond donors (Lipinski definition) is 1. The largest absolute Gasteiger partial charge is 0.317 e. The molecule has 12 heavy (non-hydrogen) atoms. The highest BCUT2D eigenvalue weighted by Crippen LogP contribution is 2.20. The van der Waals surface area contributed by atoms with Gasteiger partial charge in [0.25, 0.3) is 0 Å². The van der Waals surface area contributed by atoms with E-state index in [1.165, 1.54) is 0 Å². The summed E-state index contributed by atoms with van der Waals surface area (Å²) in [5, 5.41) is 11.1. The molecule has 0 aliphatic carbocycles. The number of nitrogens with zero attached hydrogens (tertiary/aromatic N) is 3. The van der Waals surface area contributed by atoms with Gasteiger partial charge in [-0.15, -0.1) is 5.10 Å². The highest BCUT2D eigenvalue weighted by atomic mass is 15.1. The van der Waals surface area contributed by atoms with Crippen molar-refractivity contribution < 1.29 is 0 Å². The van der Waals surface area contributed by atoms with Crippen LogP contribution in [0.5, 0.6) is 0 Å². The SMILES string of the molecule is c1cnc(C2CCNCC2)nn1. The molecule has 0 aromatic carbocycles. The highest BCUT2D eigenvalue weighted by Gasteiger charge is 2.17. The van der Waals surface area contributed by atoms with Crippen LogP contribution in [0.25, 0.3) is 0 Å². The number of piperidine rings is 1. The van der Waals surface area contributed by atoms with E-state index in [1.807, 2.05) is 0 Å². The van der Waals surface area contributed by atoms with Gasteiger partial charge in [-0.25, -0.2) is 4.98 Å². The van der Waals surface area contributed by atoms with Crippen molar-refractivity contribution in [2.45, 2.75) is 18.8 Å². The number of aromatic nitrogens is 3. The van der Waals surface area contributed by atoms with Crippen molar-refractivity contribution in [3.05, 3.63) is 18.2 Å². The Morgan fingerprint density at radius 3 is 2.75 bits per heavy atom. The van der Waals surface area contributed by atoms with Crippen LogP contribution in [0.3, 0.4) is 0 Å². The molecule has 0 radical (unpaired) electrons. The lowest BCUT2D eigenvalue weighted by atomic mass is 9.98. The molecule has 0 bridgehead atoms. The Kier molecular flexibility index (Phi) is 2.27. The molecule has 0 amide bonds. The van der Waals surface area contributed by atoms with Gasteiger partial charge in [0.1, 0.15) is 0 Å². The molecular weight excluding hydrogens is 152 g/mol. The van der Waals surface area contributed by atoms with E-state index < -0.39 is 0 Å². The molecule has 1 aromatic rings. The van der Waals surface area contributed by atoms with Gasteiger partial charge in [-0.3, -0.25) is 0 Å². The fourth-order valence-corrected chi connectivity index (χ4v) is 1.53. The number of rotatable bonds is 1. The third-order valence-electron chi connectivity index (χ3n) is 2.20. The van der Waals surface area contributed by atoms with Gasteiger partial charge in [0.05, 0.1) is 6.20 Å². The topological polar surface area (TPSA) is 50.7 Å². The number of hydrogen-bond acceptors (Lipinski definition) is 4. The maximum Gasteiger partial charge on any atom is 0.154 e. The standard InChI is InChI=1S/C8H12N4/c1-3-9-4-2-7(1)8-10-5-6-11-12-8/h5-7,9H,1-4H2. The summed E-state index contributed by atoms with van der Waals surface area (Å²) in [4.78, 5) is 4.20. The van der Waals surface area contributed by atoms with Crippen LogP contribution < -0.4 is 5.32 Å². The van der Waals surface area contributed by atoms with Crippen LogP contribution in [0.15, 0.2) is 12.4 Å². The van der Waals surface area contributed by atoms with Crippen LogP contribution in [0.2, 0.25) is 0 Å². The van der Waals surface area contributed by atoms with E-state index >= 15 is 0 Å². The Morgan fingerprint density at radius 2 is 2.08 bits per heavy atom. The molecule has 4 nitrogen and oxygen atoms in total. The summed E-state index contributed by atoms with van der Waals surface area (Å²) in [5.41, 5.74) is 0. The van der Waals surface area contributed by atoms with E-state index in [1.54, 1.807) is 12.4 Å². The summed E-state index contributed by atoms with van der Waals surface area (Å²) >= 11 is 0. The predicted octanol–water partition coefficient (Wildman–Crippen LogP) is 0.339. The Bertz CT molecular complexity index is 230. The first-order valence-corrected chi connectivity index (χ1v) is 4.31. The van der Waals surface area contributed by atoms with Crippen molar-refractivity contribution in [3.8, 4) is 0 Å². The fourth-order valence-electron chi connectivity index (χ4n) is 1.53. The van der Waals surface area contributed by atoms with Crippen molar-refractivity contribution in [1.29, 1.82) is 0 Å². The molecule has 64 valence electrons. The van der Waals surface area contributed by atoms with Crippen LogP contribution in [-0.4, -0.2) is 28.3 Å². The molecule has 4 heteroatoms. The molecule has 2 heterocycles. The molecule has 0 atom stereocenters. The normalized spacial score (nSPS) is 19.3. The summed E-state index contributed by atoms with van der Waals surface area (Å²) in [7, 11) is 0. The Labute approximate surface area is 71.4 Å². The van der Waals surface area contributed by atoms with Crippen LogP contribution >= 0.6 is 0 Å². The van der Waals surface area contributed by atoms with Crippen molar-refractivity contribution in [2.24, 2.45) is 0 Å². The molecule has 2 rings (SSSR count). The van der Waals surface area contributed by atoms with Gasteiger partial charge in [0, 0.05) is 12.1 Å². The Hall–Kier alpha value is -1.03. The second-order valence-corrected chi connectivity index (χ2v) is 3.03. The average molecular weight is 164 g/mol.